The smallest absolute Gasteiger partial charge is 0.224 e. The Labute approximate surface area is 132 Å². The van der Waals surface area contributed by atoms with Crippen molar-refractivity contribution in [3.63, 3.8) is 0 Å². The second kappa shape index (κ2) is 8.32. The van der Waals surface area contributed by atoms with Gasteiger partial charge in [0.1, 0.15) is 0 Å². The van der Waals surface area contributed by atoms with Gasteiger partial charge in [0.05, 0.1) is 6.42 Å². The lowest BCUT2D eigenvalue weighted by Gasteiger charge is -2.14. The molecular weight excluding hydrogens is 284 g/mol. The third-order valence-corrected chi connectivity index (χ3v) is 3.14. The fourth-order valence-corrected chi connectivity index (χ4v) is 2.17. The van der Waals surface area contributed by atoms with Gasteiger partial charge < -0.3 is 11.1 Å². The predicted octanol–water partition coefficient (Wildman–Crippen LogP) is 2.98. The number of carbonyl (C=O) groups excluding carboxylic acids is 1. The molecule has 1 amide bonds. The minimum Gasteiger partial charge on any atom is -0.399 e. The third-order valence-electron chi connectivity index (χ3n) is 3.14. The van der Waals surface area contributed by atoms with Gasteiger partial charge in [-0.3, -0.25) is 4.79 Å². The molecule has 1 atom stereocenters. The summed E-state index contributed by atoms with van der Waals surface area (Å²) in [5, 5.41) is 3.02. The minimum absolute atomic E-state index is 0. The summed E-state index contributed by atoms with van der Waals surface area (Å²) in [5.41, 5.74) is 8.62. The van der Waals surface area contributed by atoms with Crippen molar-refractivity contribution in [2.75, 3.05) is 5.73 Å². The van der Waals surface area contributed by atoms with Crippen LogP contribution in [0.25, 0.3) is 0 Å². The van der Waals surface area contributed by atoms with Gasteiger partial charge in [-0.05, 0) is 36.6 Å². The first-order valence-electron chi connectivity index (χ1n) is 6.81. The Morgan fingerprint density at radius 1 is 1.05 bits per heavy atom. The molecule has 0 radical (unpaired) electrons. The number of hydrogen-bond acceptors (Lipinski definition) is 2. The van der Waals surface area contributed by atoms with E-state index in [4.69, 9.17) is 5.73 Å². The van der Waals surface area contributed by atoms with Crippen molar-refractivity contribution < 1.29 is 4.79 Å². The monoisotopic (exact) mass is 304 g/mol. The average Bonchev–Trinajstić information content (AvgIpc) is 2.42. The van der Waals surface area contributed by atoms with E-state index in [-0.39, 0.29) is 24.4 Å². The summed E-state index contributed by atoms with van der Waals surface area (Å²) in [6, 6.07) is 17.6. The van der Waals surface area contributed by atoms with E-state index in [9.17, 15) is 4.79 Å². The summed E-state index contributed by atoms with van der Waals surface area (Å²) in [6.45, 7) is 2.01. The standard InChI is InChI=1S/C17H20N2O.ClH/c1-13(11-15-7-9-16(18)10-8-15)19-17(20)12-14-5-3-2-4-6-14;/h2-10,13H,11-12,18H2,1H3,(H,19,20);1H. The summed E-state index contributed by atoms with van der Waals surface area (Å²) in [6.07, 6.45) is 1.23. The number of nitrogens with two attached hydrogens (primary N) is 1. The normalized spacial score (nSPS) is 11.3. The van der Waals surface area contributed by atoms with E-state index in [1.807, 2.05) is 61.5 Å². The van der Waals surface area contributed by atoms with Crippen LogP contribution in [-0.4, -0.2) is 11.9 Å². The zero-order chi connectivity index (χ0) is 14.4. The number of hydrogen-bond donors (Lipinski definition) is 2. The molecule has 3 N–H and O–H groups in total. The van der Waals surface area contributed by atoms with Crippen molar-refractivity contribution >= 4 is 24.0 Å². The van der Waals surface area contributed by atoms with E-state index >= 15 is 0 Å². The first kappa shape index (κ1) is 17.1. The average molecular weight is 305 g/mol. The lowest BCUT2D eigenvalue weighted by Crippen LogP contribution is -2.35. The molecule has 0 spiro atoms. The van der Waals surface area contributed by atoms with Gasteiger partial charge in [-0.1, -0.05) is 42.5 Å². The molecule has 0 aromatic heterocycles. The van der Waals surface area contributed by atoms with Crippen molar-refractivity contribution in [3.05, 3.63) is 65.7 Å². The number of nitrogens with one attached hydrogen (secondary N) is 1. The first-order valence-corrected chi connectivity index (χ1v) is 6.81. The number of halogens is 1. The van der Waals surface area contributed by atoms with E-state index in [0.717, 1.165) is 17.7 Å². The highest BCUT2D eigenvalue weighted by molar-refractivity contribution is 5.85. The molecule has 0 saturated heterocycles. The van der Waals surface area contributed by atoms with Crippen LogP contribution < -0.4 is 11.1 Å². The van der Waals surface area contributed by atoms with Crippen LogP contribution in [0.4, 0.5) is 5.69 Å². The molecular formula is C17H21ClN2O. The second-order valence-electron chi connectivity index (χ2n) is 5.08. The van der Waals surface area contributed by atoms with Crippen molar-refractivity contribution in [1.29, 1.82) is 0 Å². The summed E-state index contributed by atoms with van der Waals surface area (Å²) < 4.78 is 0. The van der Waals surface area contributed by atoms with Crippen LogP contribution in [0.5, 0.6) is 0 Å². The summed E-state index contributed by atoms with van der Waals surface area (Å²) in [4.78, 5) is 11.9. The van der Waals surface area contributed by atoms with Gasteiger partial charge in [-0.2, -0.15) is 0 Å². The predicted molar refractivity (Wildman–Crippen MR) is 89.6 cm³/mol. The van der Waals surface area contributed by atoms with E-state index in [2.05, 4.69) is 5.32 Å². The molecule has 2 aromatic rings. The summed E-state index contributed by atoms with van der Waals surface area (Å²) in [5.74, 6) is 0.0548. The molecule has 1 unspecified atom stereocenters. The number of anilines is 1. The zero-order valence-electron chi connectivity index (χ0n) is 12.1. The molecule has 21 heavy (non-hydrogen) atoms. The van der Waals surface area contributed by atoms with Crippen LogP contribution >= 0.6 is 12.4 Å². The maximum atomic E-state index is 11.9. The molecule has 3 nitrogen and oxygen atoms in total. The summed E-state index contributed by atoms with van der Waals surface area (Å²) in [7, 11) is 0. The highest BCUT2D eigenvalue weighted by Gasteiger charge is 2.08. The molecule has 112 valence electrons. The Bertz CT molecular complexity index is 555. The van der Waals surface area contributed by atoms with Crippen LogP contribution in [0.3, 0.4) is 0 Å². The van der Waals surface area contributed by atoms with Crippen molar-refractivity contribution in [2.45, 2.75) is 25.8 Å². The van der Waals surface area contributed by atoms with E-state index < -0.39 is 0 Å². The number of nitrogen functional groups attached to an aromatic ring is 1. The Kier molecular flexibility index (Phi) is 6.76. The maximum Gasteiger partial charge on any atom is 0.224 e. The van der Waals surface area contributed by atoms with E-state index in [1.165, 1.54) is 5.56 Å². The quantitative estimate of drug-likeness (QED) is 0.834. The first-order chi connectivity index (χ1) is 9.63. The van der Waals surface area contributed by atoms with Gasteiger partial charge >= 0.3 is 0 Å². The van der Waals surface area contributed by atoms with Crippen LogP contribution in [0.1, 0.15) is 18.1 Å². The fourth-order valence-electron chi connectivity index (χ4n) is 2.17. The summed E-state index contributed by atoms with van der Waals surface area (Å²) >= 11 is 0. The van der Waals surface area contributed by atoms with Crippen LogP contribution in [-0.2, 0) is 17.6 Å². The highest BCUT2D eigenvalue weighted by Crippen LogP contribution is 2.08. The SMILES string of the molecule is CC(Cc1ccc(N)cc1)NC(=O)Cc1ccccc1.Cl. The Balaban J connectivity index is 0.00000220. The lowest BCUT2D eigenvalue weighted by atomic mass is 10.1. The molecule has 0 aliphatic heterocycles. The van der Waals surface area contributed by atoms with Crippen molar-refractivity contribution in [1.82, 2.24) is 5.32 Å². The number of benzene rings is 2. The molecule has 0 saturated carbocycles. The molecule has 0 fully saturated rings. The molecule has 2 aromatic carbocycles. The van der Waals surface area contributed by atoms with Gasteiger partial charge in [-0.15, -0.1) is 12.4 Å². The zero-order valence-corrected chi connectivity index (χ0v) is 12.9. The molecule has 0 aliphatic rings. The van der Waals surface area contributed by atoms with Gasteiger partial charge in [0.25, 0.3) is 0 Å². The minimum atomic E-state index is 0. The second-order valence-corrected chi connectivity index (χ2v) is 5.08. The number of rotatable bonds is 5. The van der Waals surface area contributed by atoms with Gasteiger partial charge in [-0.25, -0.2) is 0 Å². The Morgan fingerprint density at radius 2 is 1.67 bits per heavy atom. The lowest BCUT2D eigenvalue weighted by molar-refractivity contribution is -0.121. The Morgan fingerprint density at radius 3 is 2.29 bits per heavy atom. The van der Waals surface area contributed by atoms with Gasteiger partial charge in [0.15, 0.2) is 0 Å². The van der Waals surface area contributed by atoms with Crippen LogP contribution in [0, 0.1) is 0 Å². The number of amides is 1. The largest absolute Gasteiger partial charge is 0.399 e. The Hall–Kier alpha value is -2.00. The fraction of sp³-hybridized carbons (Fsp3) is 0.235. The van der Waals surface area contributed by atoms with Crippen LogP contribution in [0.2, 0.25) is 0 Å². The third kappa shape index (κ3) is 5.88. The molecule has 0 heterocycles. The van der Waals surface area contributed by atoms with E-state index in [1.54, 1.807) is 0 Å². The van der Waals surface area contributed by atoms with Gasteiger partial charge in [0.2, 0.25) is 5.91 Å². The van der Waals surface area contributed by atoms with Crippen molar-refractivity contribution in [2.24, 2.45) is 0 Å². The molecule has 2 rings (SSSR count). The highest BCUT2D eigenvalue weighted by atomic mass is 35.5. The molecule has 4 heteroatoms. The number of carbonyl (C=O) groups is 1. The topological polar surface area (TPSA) is 55.1 Å². The molecule has 0 bridgehead atoms. The molecule has 0 aliphatic carbocycles. The van der Waals surface area contributed by atoms with Crippen LogP contribution in [0.15, 0.2) is 54.6 Å². The van der Waals surface area contributed by atoms with E-state index in [0.29, 0.717) is 6.42 Å². The van der Waals surface area contributed by atoms with Crippen molar-refractivity contribution in [3.8, 4) is 0 Å². The van der Waals surface area contributed by atoms with Gasteiger partial charge in [0, 0.05) is 11.7 Å². The maximum absolute atomic E-state index is 11.9.